The first-order chi connectivity index (χ1) is 24.8. The first kappa shape index (κ1) is 31.0. The van der Waals surface area contributed by atoms with Crippen molar-refractivity contribution in [3.8, 4) is 0 Å². The lowest BCUT2D eigenvalue weighted by atomic mass is 9.49. The Hall–Kier alpha value is -6.27. The van der Waals surface area contributed by atoms with Crippen LogP contribution in [0.1, 0.15) is 45.7 Å². The summed E-state index contributed by atoms with van der Waals surface area (Å²) in [5.74, 6) is 2.10. The molecule has 50 heavy (non-hydrogen) atoms. The van der Waals surface area contributed by atoms with Crippen LogP contribution in [0.25, 0.3) is 22.3 Å². The van der Waals surface area contributed by atoms with E-state index in [0.717, 1.165) is 22.3 Å². The molecule has 0 saturated carbocycles. The van der Waals surface area contributed by atoms with Crippen LogP contribution in [-0.2, 0) is 10.2 Å². The summed E-state index contributed by atoms with van der Waals surface area (Å²) < 4.78 is 0. The lowest BCUT2D eigenvalue weighted by Crippen LogP contribution is -2.41. The predicted molar refractivity (Wildman–Crippen MR) is 208 cm³/mol. The van der Waals surface area contributed by atoms with Gasteiger partial charge in [0.15, 0.2) is 0 Å². The smallest absolute Gasteiger partial charge is 0.128 e. The Balaban J connectivity index is 1.69. The van der Waals surface area contributed by atoms with Crippen LogP contribution in [0.15, 0.2) is 211 Å². The van der Waals surface area contributed by atoms with Crippen molar-refractivity contribution in [2.75, 3.05) is 0 Å². The number of rotatable bonds is 7. The zero-order valence-corrected chi connectivity index (χ0v) is 27.7. The molecule has 6 aromatic rings. The van der Waals surface area contributed by atoms with Gasteiger partial charge in [-0.05, 0) is 67.3 Å². The highest BCUT2D eigenvalue weighted by atomic mass is 16.1. The summed E-state index contributed by atoms with van der Waals surface area (Å²) in [4.78, 5) is 12.5. The van der Waals surface area contributed by atoms with Gasteiger partial charge in [0.05, 0.1) is 5.41 Å². The van der Waals surface area contributed by atoms with Crippen molar-refractivity contribution < 1.29 is 4.79 Å². The maximum Gasteiger partial charge on any atom is 0.128 e. The molecule has 0 aromatic heterocycles. The third kappa shape index (κ3) is 5.35. The van der Waals surface area contributed by atoms with E-state index in [0.29, 0.717) is 12.0 Å². The van der Waals surface area contributed by atoms with Crippen molar-refractivity contribution in [2.45, 2.75) is 17.8 Å². The lowest BCUT2D eigenvalue weighted by Gasteiger charge is -2.52. The Kier molecular flexibility index (Phi) is 8.49. The second kappa shape index (κ2) is 13.7. The largest absolute Gasteiger partial charge is 0.233 e. The highest BCUT2D eigenvalue weighted by molar-refractivity contribution is 6.27. The van der Waals surface area contributed by atoms with Crippen LogP contribution in [0, 0.1) is 0 Å². The summed E-state index contributed by atoms with van der Waals surface area (Å²) in [5, 5.41) is 0. The van der Waals surface area contributed by atoms with Gasteiger partial charge >= 0.3 is 0 Å². The molecule has 0 radical (unpaired) electrons. The van der Waals surface area contributed by atoms with Gasteiger partial charge < -0.3 is 0 Å². The van der Waals surface area contributed by atoms with Crippen LogP contribution >= 0.6 is 0 Å². The summed E-state index contributed by atoms with van der Waals surface area (Å²) in [5.41, 5.74) is 12.9. The van der Waals surface area contributed by atoms with E-state index in [1.165, 1.54) is 39.0 Å². The minimum Gasteiger partial charge on any atom is -0.233 e. The molecule has 0 spiro atoms. The number of hydrogen-bond acceptors (Lipinski definition) is 1. The molecule has 2 aliphatic carbocycles. The van der Waals surface area contributed by atoms with Crippen molar-refractivity contribution in [2.24, 2.45) is 0 Å². The molecule has 0 bridgehead atoms. The maximum atomic E-state index is 12.5. The van der Waals surface area contributed by atoms with Crippen molar-refractivity contribution >= 4 is 28.2 Å². The van der Waals surface area contributed by atoms with E-state index >= 15 is 0 Å². The fourth-order valence-corrected chi connectivity index (χ4v) is 8.22. The monoisotopic (exact) mass is 640 g/mol. The van der Waals surface area contributed by atoms with Crippen LogP contribution in [0.3, 0.4) is 0 Å². The number of benzene rings is 6. The standard InChI is InChI=1S/C49H36O/c50-35-36-20-19-33-43(34-36)49(42-31-17-6-18-32-42)47(40-27-13-4-14-28-40)45(38-23-9-2-10-24-38)44(37-21-7-1-8-22-37)46(39-25-11-3-12-26-39)48(49)41-29-15-5-16-30-41/h1-33,47H,34H2. The summed E-state index contributed by atoms with van der Waals surface area (Å²) in [6.45, 7) is 0. The SMILES string of the molecule is O=C=C1C=CC=C(C2(c3ccccc3)C(c3ccccc3)=C(c3ccccc3)C(c3ccccc3)=C(c3ccccc3)C2c2ccccc2)C1. The van der Waals surface area contributed by atoms with Gasteiger partial charge in [-0.15, -0.1) is 0 Å². The Bertz CT molecular complexity index is 2290. The summed E-state index contributed by atoms with van der Waals surface area (Å²) in [6, 6.07) is 65.4. The van der Waals surface area contributed by atoms with Gasteiger partial charge in [-0.3, -0.25) is 0 Å². The Labute approximate surface area is 294 Å². The molecule has 0 saturated heterocycles. The molecule has 1 heteroatoms. The van der Waals surface area contributed by atoms with Gasteiger partial charge in [-0.1, -0.05) is 194 Å². The molecule has 8 rings (SSSR count). The van der Waals surface area contributed by atoms with Crippen molar-refractivity contribution in [1.82, 2.24) is 0 Å². The summed E-state index contributed by atoms with van der Waals surface area (Å²) >= 11 is 0. The van der Waals surface area contributed by atoms with Gasteiger partial charge in [0.2, 0.25) is 0 Å². The molecule has 238 valence electrons. The quantitative estimate of drug-likeness (QED) is 0.159. The minimum absolute atomic E-state index is 0.183. The van der Waals surface area contributed by atoms with Crippen LogP contribution in [0.5, 0.6) is 0 Å². The Morgan fingerprint density at radius 3 is 1.50 bits per heavy atom. The molecule has 6 aromatic carbocycles. The van der Waals surface area contributed by atoms with E-state index in [1.807, 2.05) is 12.2 Å². The topological polar surface area (TPSA) is 17.1 Å². The van der Waals surface area contributed by atoms with E-state index in [1.54, 1.807) is 0 Å². The van der Waals surface area contributed by atoms with Gasteiger partial charge in [-0.2, -0.15) is 0 Å². The highest BCUT2D eigenvalue weighted by Crippen LogP contribution is 2.66. The molecular formula is C49H36O. The fourth-order valence-electron chi connectivity index (χ4n) is 8.22. The molecule has 1 nitrogen and oxygen atoms in total. The molecule has 0 aliphatic heterocycles. The van der Waals surface area contributed by atoms with E-state index in [9.17, 15) is 4.79 Å². The molecule has 0 N–H and O–H groups in total. The van der Waals surface area contributed by atoms with Crippen molar-refractivity contribution in [3.05, 3.63) is 245 Å². The fraction of sp³-hybridized carbons (Fsp3) is 0.0612. The van der Waals surface area contributed by atoms with Gasteiger partial charge in [0, 0.05) is 17.9 Å². The van der Waals surface area contributed by atoms with E-state index in [-0.39, 0.29) is 5.92 Å². The molecular weight excluding hydrogens is 605 g/mol. The predicted octanol–water partition coefficient (Wildman–Crippen LogP) is 11.6. The normalized spacial score (nSPS) is 18.8. The number of allylic oxidation sites excluding steroid dienone is 9. The van der Waals surface area contributed by atoms with Crippen LogP contribution < -0.4 is 0 Å². The van der Waals surface area contributed by atoms with Crippen LogP contribution in [0.2, 0.25) is 0 Å². The van der Waals surface area contributed by atoms with Crippen molar-refractivity contribution in [1.29, 1.82) is 0 Å². The average Bonchev–Trinajstić information content (AvgIpc) is 3.21. The molecule has 2 unspecified atom stereocenters. The van der Waals surface area contributed by atoms with Crippen LogP contribution in [-0.4, -0.2) is 5.94 Å². The van der Waals surface area contributed by atoms with E-state index < -0.39 is 5.41 Å². The van der Waals surface area contributed by atoms with E-state index in [2.05, 4.69) is 194 Å². The lowest BCUT2D eigenvalue weighted by molar-refractivity contribution is 0.560. The molecule has 0 fully saturated rings. The first-order valence-corrected chi connectivity index (χ1v) is 17.2. The first-order valence-electron chi connectivity index (χ1n) is 17.2. The average molecular weight is 641 g/mol. The molecule has 2 atom stereocenters. The summed E-state index contributed by atoms with van der Waals surface area (Å²) in [7, 11) is 0. The zero-order valence-electron chi connectivity index (χ0n) is 27.7. The maximum absolute atomic E-state index is 12.5. The van der Waals surface area contributed by atoms with Gasteiger partial charge in [-0.25, -0.2) is 4.79 Å². The molecule has 0 amide bonds. The number of carbonyl (C=O) groups excluding carboxylic acids is 1. The van der Waals surface area contributed by atoms with Crippen molar-refractivity contribution in [3.63, 3.8) is 0 Å². The van der Waals surface area contributed by atoms with Crippen LogP contribution in [0.4, 0.5) is 0 Å². The van der Waals surface area contributed by atoms with Gasteiger partial charge in [0.1, 0.15) is 5.94 Å². The minimum atomic E-state index is -0.745. The second-order valence-corrected chi connectivity index (χ2v) is 12.9. The number of hydrogen-bond donors (Lipinski definition) is 0. The second-order valence-electron chi connectivity index (χ2n) is 12.9. The third-order valence-electron chi connectivity index (χ3n) is 10.1. The third-order valence-corrected chi connectivity index (χ3v) is 10.1. The molecule has 0 heterocycles. The molecule has 2 aliphatic rings. The Morgan fingerprint density at radius 1 is 0.500 bits per heavy atom. The Morgan fingerprint density at radius 2 is 0.960 bits per heavy atom. The van der Waals surface area contributed by atoms with Gasteiger partial charge in [0.25, 0.3) is 0 Å². The zero-order chi connectivity index (χ0) is 33.8. The highest BCUT2D eigenvalue weighted by Gasteiger charge is 2.54. The van der Waals surface area contributed by atoms with E-state index in [4.69, 9.17) is 0 Å². The summed E-state index contributed by atoms with van der Waals surface area (Å²) in [6.07, 6.45) is 6.68.